The molecule has 1 aromatic heterocycles. The largest absolute Gasteiger partial charge is 0.508 e. The van der Waals surface area contributed by atoms with Crippen molar-refractivity contribution < 1.29 is 9.90 Å². The second-order valence-corrected chi connectivity index (χ2v) is 8.38. The number of aromatic nitrogens is 4. The molecule has 0 saturated carbocycles. The standard InChI is InChI=1S/C26H24N6O2/c1-17-3-7-19(8-4-17)23-15-24(20-9-5-18(2)6-10-20)32-26(28-29-30-32)31(23)16-25(34)27-21-11-13-22(33)14-12-21/h3-15,24,33H,16H2,1-2H3,(H,27,34)/t24-/m0/s1. The first-order chi connectivity index (χ1) is 16.5. The average Bonchev–Trinajstić information content (AvgIpc) is 3.32. The second kappa shape index (κ2) is 8.82. The fourth-order valence-corrected chi connectivity index (χ4v) is 3.99. The lowest BCUT2D eigenvalue weighted by Crippen LogP contribution is -2.37. The minimum atomic E-state index is -0.230. The predicted octanol–water partition coefficient (Wildman–Crippen LogP) is 4.08. The van der Waals surface area contributed by atoms with Crippen molar-refractivity contribution in [1.29, 1.82) is 0 Å². The number of hydrogen-bond donors (Lipinski definition) is 2. The second-order valence-electron chi connectivity index (χ2n) is 8.38. The molecule has 170 valence electrons. The summed E-state index contributed by atoms with van der Waals surface area (Å²) in [6.45, 7) is 4.11. The highest BCUT2D eigenvalue weighted by Gasteiger charge is 2.32. The maximum Gasteiger partial charge on any atom is 0.251 e. The summed E-state index contributed by atoms with van der Waals surface area (Å²) in [6, 6.07) is 22.6. The molecule has 8 heteroatoms. The van der Waals surface area contributed by atoms with E-state index in [9.17, 15) is 9.90 Å². The Morgan fingerprint density at radius 3 is 2.26 bits per heavy atom. The Morgan fingerprint density at radius 2 is 1.59 bits per heavy atom. The number of fused-ring (bicyclic) bond motifs is 1. The summed E-state index contributed by atoms with van der Waals surface area (Å²) in [4.78, 5) is 14.8. The third-order valence-electron chi connectivity index (χ3n) is 5.81. The maximum absolute atomic E-state index is 13.0. The number of benzene rings is 3. The Balaban J connectivity index is 1.53. The van der Waals surface area contributed by atoms with Gasteiger partial charge in [-0.05, 0) is 65.7 Å². The zero-order valence-corrected chi connectivity index (χ0v) is 18.9. The molecule has 2 heterocycles. The van der Waals surface area contributed by atoms with Crippen LogP contribution in [0.3, 0.4) is 0 Å². The number of nitrogens with zero attached hydrogens (tertiary/aromatic N) is 5. The number of aromatic hydroxyl groups is 1. The highest BCUT2D eigenvalue weighted by Crippen LogP contribution is 2.36. The van der Waals surface area contributed by atoms with Crippen LogP contribution in [0, 0.1) is 13.8 Å². The first-order valence-corrected chi connectivity index (χ1v) is 11.0. The molecule has 4 aromatic rings. The topological polar surface area (TPSA) is 96.2 Å². The van der Waals surface area contributed by atoms with Crippen molar-refractivity contribution in [3.05, 3.63) is 101 Å². The van der Waals surface area contributed by atoms with Crippen LogP contribution in [0.2, 0.25) is 0 Å². The first-order valence-electron chi connectivity index (χ1n) is 11.0. The van der Waals surface area contributed by atoms with Gasteiger partial charge in [0.05, 0.1) is 5.70 Å². The van der Waals surface area contributed by atoms with Gasteiger partial charge in [-0.25, -0.2) is 0 Å². The van der Waals surface area contributed by atoms with Crippen LogP contribution in [-0.2, 0) is 4.79 Å². The van der Waals surface area contributed by atoms with Crippen molar-refractivity contribution in [3.63, 3.8) is 0 Å². The van der Waals surface area contributed by atoms with E-state index in [1.54, 1.807) is 16.8 Å². The summed E-state index contributed by atoms with van der Waals surface area (Å²) in [6.07, 6.45) is 2.09. The zero-order valence-electron chi connectivity index (χ0n) is 18.9. The number of hydrogen-bond acceptors (Lipinski definition) is 6. The van der Waals surface area contributed by atoms with Gasteiger partial charge in [-0.1, -0.05) is 64.8 Å². The van der Waals surface area contributed by atoms with Crippen molar-refractivity contribution >= 4 is 23.2 Å². The molecule has 1 atom stereocenters. The lowest BCUT2D eigenvalue weighted by atomic mass is 9.99. The third-order valence-corrected chi connectivity index (χ3v) is 5.81. The van der Waals surface area contributed by atoms with Gasteiger partial charge in [0.15, 0.2) is 0 Å². The number of rotatable bonds is 5. The molecular weight excluding hydrogens is 428 g/mol. The third kappa shape index (κ3) is 4.25. The molecule has 0 fully saturated rings. The average molecular weight is 453 g/mol. The Kier molecular flexibility index (Phi) is 5.55. The molecule has 0 radical (unpaired) electrons. The molecule has 8 nitrogen and oxygen atoms in total. The summed E-state index contributed by atoms with van der Waals surface area (Å²) < 4.78 is 1.73. The predicted molar refractivity (Wildman–Crippen MR) is 130 cm³/mol. The number of carbonyl (C=O) groups is 1. The number of amides is 1. The highest BCUT2D eigenvalue weighted by atomic mass is 16.3. The van der Waals surface area contributed by atoms with E-state index in [0.717, 1.165) is 22.4 Å². The normalized spacial score (nSPS) is 14.9. The minimum Gasteiger partial charge on any atom is -0.508 e. The fourth-order valence-electron chi connectivity index (χ4n) is 3.99. The van der Waals surface area contributed by atoms with Gasteiger partial charge in [0.1, 0.15) is 18.3 Å². The van der Waals surface area contributed by atoms with E-state index < -0.39 is 0 Å². The minimum absolute atomic E-state index is 0.0155. The van der Waals surface area contributed by atoms with Crippen molar-refractivity contribution in [2.75, 3.05) is 16.8 Å². The molecule has 0 saturated heterocycles. The molecule has 0 aliphatic carbocycles. The maximum atomic E-state index is 13.0. The quantitative estimate of drug-likeness (QED) is 0.443. The number of carbonyl (C=O) groups excluding carboxylic acids is 1. The SMILES string of the molecule is Cc1ccc(C2=C[C@@H](c3ccc(C)cc3)n3nnnc3N2CC(=O)Nc2ccc(O)cc2)cc1. The molecule has 0 spiro atoms. The molecule has 1 aliphatic heterocycles. The summed E-state index contributed by atoms with van der Waals surface area (Å²) in [5.41, 5.74) is 5.79. The van der Waals surface area contributed by atoms with Gasteiger partial charge in [-0.15, -0.1) is 0 Å². The monoisotopic (exact) mass is 452 g/mol. The molecule has 0 unspecified atom stereocenters. The van der Waals surface area contributed by atoms with Gasteiger partial charge in [0, 0.05) is 5.69 Å². The van der Waals surface area contributed by atoms with Gasteiger partial charge in [0.25, 0.3) is 5.95 Å². The smallest absolute Gasteiger partial charge is 0.251 e. The Morgan fingerprint density at radius 1 is 0.941 bits per heavy atom. The molecule has 2 N–H and O–H groups in total. The van der Waals surface area contributed by atoms with Crippen molar-refractivity contribution in [3.8, 4) is 5.75 Å². The van der Waals surface area contributed by atoms with Gasteiger partial charge < -0.3 is 10.4 Å². The molecular formula is C26H24N6O2. The molecule has 5 rings (SSSR count). The van der Waals surface area contributed by atoms with Gasteiger partial charge >= 0.3 is 0 Å². The Hall–Kier alpha value is -4.46. The summed E-state index contributed by atoms with van der Waals surface area (Å²) in [7, 11) is 0. The van der Waals surface area contributed by atoms with Crippen LogP contribution in [0.1, 0.15) is 28.3 Å². The summed E-state index contributed by atoms with van der Waals surface area (Å²) in [5.74, 6) is 0.400. The molecule has 1 amide bonds. The summed E-state index contributed by atoms with van der Waals surface area (Å²) in [5, 5.41) is 24.8. The lowest BCUT2D eigenvalue weighted by molar-refractivity contribution is -0.114. The van der Waals surface area contributed by atoms with Crippen LogP contribution in [0.5, 0.6) is 5.75 Å². The van der Waals surface area contributed by atoms with E-state index in [-0.39, 0.29) is 24.2 Å². The number of anilines is 2. The van der Waals surface area contributed by atoms with Crippen LogP contribution < -0.4 is 10.2 Å². The van der Waals surface area contributed by atoms with E-state index in [4.69, 9.17) is 0 Å². The number of tetrazole rings is 1. The van der Waals surface area contributed by atoms with E-state index in [0.29, 0.717) is 11.6 Å². The molecule has 1 aliphatic rings. The zero-order chi connectivity index (χ0) is 23.7. The number of aryl methyl sites for hydroxylation is 2. The van der Waals surface area contributed by atoms with E-state index >= 15 is 0 Å². The van der Waals surface area contributed by atoms with Gasteiger partial charge in [0.2, 0.25) is 5.91 Å². The van der Waals surface area contributed by atoms with Gasteiger partial charge in [-0.2, -0.15) is 4.68 Å². The number of nitrogens with one attached hydrogen (secondary N) is 1. The fraction of sp³-hybridized carbons (Fsp3) is 0.154. The highest BCUT2D eigenvalue weighted by molar-refractivity contribution is 5.97. The van der Waals surface area contributed by atoms with Crippen LogP contribution in [-0.4, -0.2) is 37.8 Å². The Bertz CT molecular complexity index is 1340. The van der Waals surface area contributed by atoms with Crippen LogP contribution >= 0.6 is 0 Å². The van der Waals surface area contributed by atoms with Gasteiger partial charge in [-0.3, -0.25) is 9.69 Å². The van der Waals surface area contributed by atoms with Crippen LogP contribution in [0.4, 0.5) is 11.6 Å². The van der Waals surface area contributed by atoms with Crippen molar-refractivity contribution in [2.24, 2.45) is 0 Å². The molecule has 3 aromatic carbocycles. The van der Waals surface area contributed by atoms with Crippen molar-refractivity contribution in [1.82, 2.24) is 20.2 Å². The van der Waals surface area contributed by atoms with Crippen LogP contribution in [0.25, 0.3) is 5.70 Å². The van der Waals surface area contributed by atoms with Crippen molar-refractivity contribution in [2.45, 2.75) is 19.9 Å². The molecule has 0 bridgehead atoms. The first kappa shape index (κ1) is 21.4. The number of phenols is 1. The van der Waals surface area contributed by atoms with E-state index in [1.165, 1.54) is 17.7 Å². The van der Waals surface area contributed by atoms with Crippen LogP contribution in [0.15, 0.2) is 78.9 Å². The summed E-state index contributed by atoms with van der Waals surface area (Å²) >= 11 is 0. The Labute approximate surface area is 197 Å². The lowest BCUT2D eigenvalue weighted by Gasteiger charge is -2.32. The molecule has 34 heavy (non-hydrogen) atoms. The van der Waals surface area contributed by atoms with E-state index in [1.807, 2.05) is 36.1 Å². The number of phenolic OH excluding ortho intramolecular Hbond substituents is 1. The van der Waals surface area contributed by atoms with E-state index in [2.05, 4.69) is 58.1 Å². The number of allylic oxidation sites excluding steroid dienone is 1.